The van der Waals surface area contributed by atoms with Crippen LogP contribution in [0.15, 0.2) is 18.2 Å². The largest absolute Gasteiger partial charge is 0.388 e. The van der Waals surface area contributed by atoms with Gasteiger partial charge in [-0.1, -0.05) is 17.7 Å². The number of anilines is 1. The molecule has 1 saturated heterocycles. The normalized spacial score (nSPS) is 26.3. The molecule has 1 aliphatic rings. The first-order valence-electron chi connectivity index (χ1n) is 5.91. The molecule has 1 fully saturated rings. The second-order valence-corrected chi connectivity index (χ2v) is 5.58. The Morgan fingerprint density at radius 1 is 1.53 bits per heavy atom. The number of aliphatic hydroxyl groups is 1. The number of nitrogens with zero attached hydrogens (tertiary/aromatic N) is 1. The van der Waals surface area contributed by atoms with Crippen molar-refractivity contribution >= 4 is 17.3 Å². The molecule has 1 aromatic rings. The summed E-state index contributed by atoms with van der Waals surface area (Å²) in [5.74, 6) is 0. The number of benzene rings is 1. The Bertz CT molecular complexity index is 418. The van der Waals surface area contributed by atoms with Crippen molar-refractivity contribution in [1.29, 1.82) is 0 Å². The Balaban J connectivity index is 2.23. The lowest BCUT2D eigenvalue weighted by Crippen LogP contribution is -2.29. The molecule has 0 aromatic heterocycles. The zero-order valence-corrected chi connectivity index (χ0v) is 11.0. The summed E-state index contributed by atoms with van der Waals surface area (Å²) in [4.78, 5) is 2.12. The molecule has 1 aliphatic heterocycles. The van der Waals surface area contributed by atoms with Crippen molar-refractivity contribution in [2.75, 3.05) is 18.0 Å². The van der Waals surface area contributed by atoms with Gasteiger partial charge in [-0.2, -0.15) is 0 Å². The van der Waals surface area contributed by atoms with Crippen LogP contribution in [0.25, 0.3) is 0 Å². The maximum atomic E-state index is 9.96. The number of hydrogen-bond acceptors (Lipinski definition) is 3. The highest BCUT2D eigenvalue weighted by molar-refractivity contribution is 6.33. The van der Waals surface area contributed by atoms with E-state index in [-0.39, 0.29) is 6.04 Å². The summed E-state index contributed by atoms with van der Waals surface area (Å²) in [5.41, 5.74) is 7.22. The van der Waals surface area contributed by atoms with Gasteiger partial charge in [-0.3, -0.25) is 0 Å². The molecular weight excluding hydrogens is 236 g/mol. The van der Waals surface area contributed by atoms with Gasteiger partial charge in [0.25, 0.3) is 0 Å². The van der Waals surface area contributed by atoms with E-state index in [9.17, 15) is 5.11 Å². The maximum absolute atomic E-state index is 9.96. The van der Waals surface area contributed by atoms with Crippen LogP contribution >= 0.6 is 11.6 Å². The van der Waals surface area contributed by atoms with Crippen LogP contribution in [0.3, 0.4) is 0 Å². The van der Waals surface area contributed by atoms with Gasteiger partial charge >= 0.3 is 0 Å². The average molecular weight is 255 g/mol. The predicted octanol–water partition coefficient (Wildman–Crippen LogP) is 2.32. The van der Waals surface area contributed by atoms with Crippen molar-refractivity contribution < 1.29 is 5.11 Å². The van der Waals surface area contributed by atoms with Crippen molar-refractivity contribution in [3.05, 3.63) is 28.8 Å². The molecule has 1 heterocycles. The average Bonchev–Trinajstić information content (AvgIpc) is 2.58. The second kappa shape index (κ2) is 4.48. The van der Waals surface area contributed by atoms with Crippen LogP contribution in [-0.2, 0) is 0 Å². The summed E-state index contributed by atoms with van der Waals surface area (Å²) in [6, 6.07) is 5.89. The number of β-amino-alcohol motifs (C(OH)–C–C–N with tert-alkyl or cyclic N) is 1. The van der Waals surface area contributed by atoms with Crippen LogP contribution in [0.4, 0.5) is 5.69 Å². The Morgan fingerprint density at radius 3 is 2.71 bits per heavy atom. The number of halogens is 1. The van der Waals surface area contributed by atoms with Crippen LogP contribution in [0.5, 0.6) is 0 Å². The van der Waals surface area contributed by atoms with Gasteiger partial charge in [0.05, 0.1) is 16.3 Å². The van der Waals surface area contributed by atoms with E-state index < -0.39 is 5.60 Å². The molecular formula is C13H19ClN2O. The van der Waals surface area contributed by atoms with Crippen LogP contribution in [-0.4, -0.2) is 23.8 Å². The first kappa shape index (κ1) is 12.7. The molecule has 0 radical (unpaired) electrons. The molecule has 2 unspecified atom stereocenters. The lowest BCUT2D eigenvalue weighted by atomic mass is 10.1. The van der Waals surface area contributed by atoms with E-state index >= 15 is 0 Å². The zero-order valence-electron chi connectivity index (χ0n) is 10.3. The van der Waals surface area contributed by atoms with Gasteiger partial charge in [0.15, 0.2) is 0 Å². The fraction of sp³-hybridized carbons (Fsp3) is 0.538. The van der Waals surface area contributed by atoms with E-state index in [1.54, 1.807) is 0 Å². The lowest BCUT2D eigenvalue weighted by molar-refractivity contribution is 0.0839. The standard InChI is InChI=1S/C13H19ClN2O/c1-9(15)10-3-4-12(11(14)7-10)16-6-5-13(2,17)8-16/h3-4,7,9,17H,5-6,8,15H2,1-2H3. The minimum absolute atomic E-state index is 0.0109. The predicted molar refractivity (Wildman–Crippen MR) is 71.5 cm³/mol. The van der Waals surface area contributed by atoms with Crippen LogP contribution in [0.1, 0.15) is 31.9 Å². The van der Waals surface area contributed by atoms with Gasteiger partial charge in [-0.25, -0.2) is 0 Å². The Labute approximate surface area is 107 Å². The monoisotopic (exact) mass is 254 g/mol. The van der Waals surface area contributed by atoms with Gasteiger partial charge in [0.1, 0.15) is 0 Å². The summed E-state index contributed by atoms with van der Waals surface area (Å²) in [6.45, 7) is 5.26. The fourth-order valence-corrected chi connectivity index (χ4v) is 2.52. The third-order valence-electron chi connectivity index (χ3n) is 3.29. The van der Waals surface area contributed by atoms with Crippen molar-refractivity contribution in [3.63, 3.8) is 0 Å². The minimum atomic E-state index is -0.608. The van der Waals surface area contributed by atoms with E-state index in [1.807, 2.05) is 32.0 Å². The molecule has 4 heteroatoms. The minimum Gasteiger partial charge on any atom is -0.388 e. The highest BCUT2D eigenvalue weighted by atomic mass is 35.5. The molecule has 0 aliphatic carbocycles. The van der Waals surface area contributed by atoms with Crippen LogP contribution in [0, 0.1) is 0 Å². The first-order chi connectivity index (χ1) is 7.89. The summed E-state index contributed by atoms with van der Waals surface area (Å²) < 4.78 is 0. The van der Waals surface area contributed by atoms with E-state index in [0.29, 0.717) is 11.6 Å². The molecule has 17 heavy (non-hydrogen) atoms. The van der Waals surface area contributed by atoms with E-state index in [4.69, 9.17) is 17.3 Å². The van der Waals surface area contributed by atoms with Gasteiger partial charge < -0.3 is 15.7 Å². The first-order valence-corrected chi connectivity index (χ1v) is 6.29. The van der Waals surface area contributed by atoms with Gasteiger partial charge in [0, 0.05) is 19.1 Å². The molecule has 1 aromatic carbocycles. The Morgan fingerprint density at radius 2 is 2.24 bits per heavy atom. The quantitative estimate of drug-likeness (QED) is 0.852. The SMILES string of the molecule is CC(N)c1ccc(N2CCC(C)(O)C2)c(Cl)c1. The fourth-order valence-electron chi connectivity index (χ4n) is 2.21. The van der Waals surface area contributed by atoms with E-state index in [0.717, 1.165) is 24.2 Å². The highest BCUT2D eigenvalue weighted by Gasteiger charge is 2.32. The van der Waals surface area contributed by atoms with E-state index in [2.05, 4.69) is 4.90 Å². The topological polar surface area (TPSA) is 49.5 Å². The third-order valence-corrected chi connectivity index (χ3v) is 3.59. The summed E-state index contributed by atoms with van der Waals surface area (Å²) in [6.07, 6.45) is 0.776. The van der Waals surface area contributed by atoms with Crippen LogP contribution in [0.2, 0.25) is 5.02 Å². The molecule has 0 saturated carbocycles. The van der Waals surface area contributed by atoms with Crippen molar-refractivity contribution in [2.24, 2.45) is 5.73 Å². The molecule has 3 N–H and O–H groups in total. The Kier molecular flexibility index (Phi) is 3.34. The van der Waals surface area contributed by atoms with Crippen molar-refractivity contribution in [1.82, 2.24) is 0 Å². The third kappa shape index (κ3) is 2.73. The van der Waals surface area contributed by atoms with Crippen molar-refractivity contribution in [3.8, 4) is 0 Å². The maximum Gasteiger partial charge on any atom is 0.0810 e. The highest BCUT2D eigenvalue weighted by Crippen LogP contribution is 2.33. The number of hydrogen-bond donors (Lipinski definition) is 2. The van der Waals surface area contributed by atoms with Crippen molar-refractivity contribution in [2.45, 2.75) is 31.9 Å². The second-order valence-electron chi connectivity index (χ2n) is 5.17. The number of nitrogens with two attached hydrogens (primary N) is 1. The van der Waals surface area contributed by atoms with Crippen LogP contribution < -0.4 is 10.6 Å². The summed E-state index contributed by atoms with van der Waals surface area (Å²) >= 11 is 6.27. The molecule has 2 rings (SSSR count). The van der Waals surface area contributed by atoms with Gasteiger partial charge in [-0.15, -0.1) is 0 Å². The molecule has 3 nitrogen and oxygen atoms in total. The zero-order chi connectivity index (χ0) is 12.6. The molecule has 0 spiro atoms. The lowest BCUT2D eigenvalue weighted by Gasteiger charge is -2.22. The molecule has 2 atom stereocenters. The molecule has 94 valence electrons. The summed E-state index contributed by atoms with van der Waals surface area (Å²) in [5, 5.41) is 10.7. The molecule has 0 amide bonds. The smallest absolute Gasteiger partial charge is 0.0810 e. The Hall–Kier alpha value is -0.770. The van der Waals surface area contributed by atoms with E-state index in [1.165, 1.54) is 0 Å². The molecule has 0 bridgehead atoms. The number of rotatable bonds is 2. The van der Waals surface area contributed by atoms with Gasteiger partial charge in [-0.05, 0) is 38.0 Å². The summed E-state index contributed by atoms with van der Waals surface area (Å²) in [7, 11) is 0. The van der Waals surface area contributed by atoms with Gasteiger partial charge in [0.2, 0.25) is 0 Å².